The van der Waals surface area contributed by atoms with E-state index in [1.165, 1.54) is 0 Å². The second-order valence-electron chi connectivity index (χ2n) is 5.45. The van der Waals surface area contributed by atoms with E-state index in [0.29, 0.717) is 19.7 Å². The second kappa shape index (κ2) is 6.72. The lowest BCUT2D eigenvalue weighted by molar-refractivity contribution is 0.184. The molecule has 0 aromatic heterocycles. The van der Waals surface area contributed by atoms with Crippen LogP contribution in [0.2, 0.25) is 0 Å². The maximum absolute atomic E-state index is 11.8. The van der Waals surface area contributed by atoms with Gasteiger partial charge in [0.15, 0.2) is 0 Å². The molecular formula is C15H23N3O2. The van der Waals surface area contributed by atoms with Gasteiger partial charge in [-0.1, -0.05) is 24.3 Å². The predicted octanol–water partition coefficient (Wildman–Crippen LogP) is 1.51. The molecule has 0 saturated heterocycles. The molecule has 0 unspecified atom stereocenters. The maximum Gasteiger partial charge on any atom is 0.315 e. The summed E-state index contributed by atoms with van der Waals surface area (Å²) in [6.07, 6.45) is 3.14. The number of carbonyl (C=O) groups excluding carboxylic acids is 1. The first-order valence-corrected chi connectivity index (χ1v) is 6.99. The largest absolute Gasteiger partial charge is 0.380 e. The molecule has 1 aromatic carbocycles. The van der Waals surface area contributed by atoms with Crippen LogP contribution in [0.3, 0.4) is 0 Å². The fourth-order valence-corrected chi connectivity index (χ4v) is 2.33. The Balaban J connectivity index is 1.78. The van der Waals surface area contributed by atoms with Crippen molar-refractivity contribution in [2.24, 2.45) is 5.73 Å². The van der Waals surface area contributed by atoms with Crippen molar-refractivity contribution in [2.75, 3.05) is 13.7 Å². The minimum Gasteiger partial charge on any atom is -0.380 e. The van der Waals surface area contributed by atoms with Crippen molar-refractivity contribution in [1.29, 1.82) is 0 Å². The van der Waals surface area contributed by atoms with Crippen LogP contribution in [0.4, 0.5) is 4.79 Å². The van der Waals surface area contributed by atoms with Crippen LogP contribution < -0.4 is 16.4 Å². The van der Waals surface area contributed by atoms with Crippen LogP contribution in [-0.4, -0.2) is 25.2 Å². The molecular weight excluding hydrogens is 254 g/mol. The molecule has 1 fully saturated rings. The van der Waals surface area contributed by atoms with E-state index in [-0.39, 0.29) is 11.6 Å². The number of urea groups is 1. The molecule has 2 amide bonds. The van der Waals surface area contributed by atoms with Crippen molar-refractivity contribution >= 4 is 6.03 Å². The van der Waals surface area contributed by atoms with Gasteiger partial charge in [-0.25, -0.2) is 4.79 Å². The third-order valence-corrected chi connectivity index (χ3v) is 3.81. The Labute approximate surface area is 119 Å². The predicted molar refractivity (Wildman–Crippen MR) is 78.2 cm³/mol. The Morgan fingerprint density at radius 2 is 2.00 bits per heavy atom. The van der Waals surface area contributed by atoms with Crippen LogP contribution >= 0.6 is 0 Å². The average Bonchev–Trinajstić information content (AvgIpc) is 2.42. The summed E-state index contributed by atoms with van der Waals surface area (Å²) < 4.78 is 5.14. The summed E-state index contributed by atoms with van der Waals surface area (Å²) in [6.45, 7) is 1.58. The molecule has 20 heavy (non-hydrogen) atoms. The number of amides is 2. The van der Waals surface area contributed by atoms with Gasteiger partial charge in [0.25, 0.3) is 0 Å². The van der Waals surface area contributed by atoms with Gasteiger partial charge in [-0.15, -0.1) is 0 Å². The highest BCUT2D eigenvalue weighted by molar-refractivity contribution is 5.74. The highest BCUT2D eigenvalue weighted by Crippen LogP contribution is 2.27. The lowest BCUT2D eigenvalue weighted by atomic mass is 9.78. The quantitative estimate of drug-likeness (QED) is 0.737. The van der Waals surface area contributed by atoms with Crippen LogP contribution in [0.1, 0.15) is 30.4 Å². The molecule has 0 radical (unpaired) electrons. The lowest BCUT2D eigenvalue weighted by Gasteiger charge is -2.38. The number of nitrogens with one attached hydrogen (secondary N) is 2. The first kappa shape index (κ1) is 14.8. The molecule has 1 aromatic rings. The van der Waals surface area contributed by atoms with Crippen LogP contribution in [0.5, 0.6) is 0 Å². The fraction of sp³-hybridized carbons (Fsp3) is 0.533. The lowest BCUT2D eigenvalue weighted by Crippen LogP contribution is -2.56. The minimum atomic E-state index is -0.189. The molecule has 1 aliphatic rings. The number of nitrogens with two attached hydrogens (primary N) is 1. The number of rotatable bonds is 6. The third-order valence-electron chi connectivity index (χ3n) is 3.81. The summed E-state index contributed by atoms with van der Waals surface area (Å²) in [5.74, 6) is 0. The molecule has 4 N–H and O–H groups in total. The summed E-state index contributed by atoms with van der Waals surface area (Å²) in [7, 11) is 1.66. The van der Waals surface area contributed by atoms with Crippen molar-refractivity contribution in [3.05, 3.63) is 35.4 Å². The number of hydrogen-bond acceptors (Lipinski definition) is 3. The summed E-state index contributed by atoms with van der Waals surface area (Å²) in [5.41, 5.74) is 8.03. The van der Waals surface area contributed by atoms with E-state index < -0.39 is 0 Å². The van der Waals surface area contributed by atoms with Crippen molar-refractivity contribution in [3.63, 3.8) is 0 Å². The van der Waals surface area contributed by atoms with E-state index in [2.05, 4.69) is 10.6 Å². The fourth-order valence-electron chi connectivity index (χ4n) is 2.33. The Kier molecular flexibility index (Phi) is 4.98. The van der Waals surface area contributed by atoms with Crippen LogP contribution in [0.25, 0.3) is 0 Å². The molecule has 0 spiro atoms. The molecule has 5 heteroatoms. The highest BCUT2D eigenvalue weighted by atomic mass is 16.5. The number of benzene rings is 1. The Bertz CT molecular complexity index is 458. The summed E-state index contributed by atoms with van der Waals surface area (Å²) in [6, 6.07) is 7.74. The molecule has 5 nitrogen and oxygen atoms in total. The molecule has 110 valence electrons. The van der Waals surface area contributed by atoms with Gasteiger partial charge in [0.1, 0.15) is 0 Å². The molecule has 0 bridgehead atoms. The molecule has 1 saturated carbocycles. The Morgan fingerprint density at radius 3 is 2.60 bits per heavy atom. The monoisotopic (exact) mass is 277 g/mol. The zero-order chi connectivity index (χ0) is 14.4. The van der Waals surface area contributed by atoms with Crippen molar-refractivity contribution in [2.45, 2.75) is 38.0 Å². The van der Waals surface area contributed by atoms with Gasteiger partial charge < -0.3 is 21.1 Å². The molecule has 2 rings (SSSR count). The van der Waals surface area contributed by atoms with Crippen LogP contribution in [0, 0.1) is 0 Å². The molecule has 0 atom stereocenters. The van der Waals surface area contributed by atoms with Crippen LogP contribution in [0.15, 0.2) is 24.3 Å². The number of hydrogen-bond donors (Lipinski definition) is 3. The van der Waals surface area contributed by atoms with Gasteiger partial charge >= 0.3 is 6.03 Å². The minimum absolute atomic E-state index is 0.172. The van der Waals surface area contributed by atoms with E-state index in [1.54, 1.807) is 7.11 Å². The first-order valence-electron chi connectivity index (χ1n) is 6.99. The van der Waals surface area contributed by atoms with E-state index in [1.807, 2.05) is 24.3 Å². The summed E-state index contributed by atoms with van der Waals surface area (Å²) in [5, 5.41) is 5.70. The van der Waals surface area contributed by atoms with Gasteiger partial charge in [0.2, 0.25) is 0 Å². The second-order valence-corrected chi connectivity index (χ2v) is 5.45. The molecule has 1 aliphatic carbocycles. The maximum atomic E-state index is 11.8. The molecule has 0 heterocycles. The van der Waals surface area contributed by atoms with Gasteiger partial charge in [0, 0.05) is 25.7 Å². The zero-order valence-corrected chi connectivity index (χ0v) is 11.9. The van der Waals surface area contributed by atoms with E-state index >= 15 is 0 Å². The highest BCUT2D eigenvalue weighted by Gasteiger charge is 2.32. The first-order chi connectivity index (χ1) is 9.63. The Morgan fingerprint density at radius 1 is 1.30 bits per heavy atom. The standard InChI is InChI=1S/C15H23N3O2/c1-20-10-13-6-3-2-5-12(13)9-17-14(19)18-11-15(16)7-4-8-15/h2-3,5-6H,4,7-11,16H2,1H3,(H2,17,18,19). The van der Waals surface area contributed by atoms with Crippen molar-refractivity contribution in [3.8, 4) is 0 Å². The normalized spacial score (nSPS) is 16.3. The smallest absolute Gasteiger partial charge is 0.315 e. The van der Waals surface area contributed by atoms with Gasteiger partial charge in [-0.05, 0) is 30.4 Å². The summed E-state index contributed by atoms with van der Waals surface area (Å²) in [4.78, 5) is 11.8. The van der Waals surface area contributed by atoms with E-state index in [4.69, 9.17) is 10.5 Å². The Hall–Kier alpha value is -1.59. The topological polar surface area (TPSA) is 76.4 Å². The number of methoxy groups -OCH3 is 1. The van der Waals surface area contributed by atoms with Crippen molar-refractivity contribution in [1.82, 2.24) is 10.6 Å². The van der Waals surface area contributed by atoms with Gasteiger partial charge in [-0.2, -0.15) is 0 Å². The number of ether oxygens (including phenoxy) is 1. The van der Waals surface area contributed by atoms with Gasteiger partial charge in [-0.3, -0.25) is 0 Å². The van der Waals surface area contributed by atoms with Gasteiger partial charge in [0.05, 0.1) is 6.61 Å². The van der Waals surface area contributed by atoms with Crippen LogP contribution in [-0.2, 0) is 17.9 Å². The average molecular weight is 277 g/mol. The van der Waals surface area contributed by atoms with E-state index in [9.17, 15) is 4.79 Å². The van der Waals surface area contributed by atoms with Crippen molar-refractivity contribution < 1.29 is 9.53 Å². The summed E-state index contributed by atoms with van der Waals surface area (Å²) >= 11 is 0. The third kappa shape index (κ3) is 3.95. The molecule has 0 aliphatic heterocycles. The van der Waals surface area contributed by atoms with E-state index in [0.717, 1.165) is 30.4 Å². The SMILES string of the molecule is COCc1ccccc1CNC(=O)NCC1(N)CCC1. The zero-order valence-electron chi connectivity index (χ0n) is 11.9. The number of carbonyl (C=O) groups is 1.